The van der Waals surface area contributed by atoms with Crippen LogP contribution in [0, 0.1) is 5.41 Å². The van der Waals surface area contributed by atoms with Crippen molar-refractivity contribution < 1.29 is 4.79 Å². The first kappa shape index (κ1) is 19.2. The Labute approximate surface area is 165 Å². The molecule has 0 fully saturated rings. The highest BCUT2D eigenvalue weighted by atomic mass is 35.5. The second-order valence-corrected chi connectivity index (χ2v) is 8.84. The van der Waals surface area contributed by atoms with E-state index in [1.807, 2.05) is 45.0 Å². The van der Waals surface area contributed by atoms with Crippen LogP contribution in [0.25, 0.3) is 0 Å². The van der Waals surface area contributed by atoms with E-state index in [0.29, 0.717) is 10.0 Å². The smallest absolute Gasteiger partial charge is 0.229 e. The van der Waals surface area contributed by atoms with E-state index in [1.165, 1.54) is 0 Å². The molecule has 138 valence electrons. The largest absolute Gasteiger partial charge is 0.325 e. The lowest BCUT2D eigenvalue weighted by molar-refractivity contribution is -0.123. The summed E-state index contributed by atoms with van der Waals surface area (Å²) in [4.78, 5) is 14.8. The molecule has 5 heteroatoms. The fourth-order valence-electron chi connectivity index (χ4n) is 3.34. The van der Waals surface area contributed by atoms with Gasteiger partial charge in [0.2, 0.25) is 5.91 Å². The number of hydrogen-bond acceptors (Lipinski definition) is 2. The number of rotatable bonds is 2. The number of nitrogens with one attached hydrogen (secondary N) is 1. The fourth-order valence-corrected chi connectivity index (χ4v) is 3.90. The zero-order valence-electron chi connectivity index (χ0n) is 15.6. The number of likely N-dealkylation sites (N-methyl/N-ethyl adjacent to an activating group) is 1. The van der Waals surface area contributed by atoms with Gasteiger partial charge in [-0.3, -0.25) is 4.79 Å². The van der Waals surface area contributed by atoms with E-state index < -0.39 is 5.41 Å². The van der Waals surface area contributed by atoms with Gasteiger partial charge in [-0.1, -0.05) is 62.2 Å². The molecule has 0 bridgehead atoms. The molecule has 1 aliphatic heterocycles. The summed E-state index contributed by atoms with van der Waals surface area (Å²) in [6.45, 7) is 7.36. The van der Waals surface area contributed by atoms with Crippen LogP contribution in [0.3, 0.4) is 0 Å². The van der Waals surface area contributed by atoms with E-state index in [1.54, 1.807) is 6.07 Å². The van der Waals surface area contributed by atoms with Crippen LogP contribution in [0.5, 0.6) is 0 Å². The van der Waals surface area contributed by atoms with Gasteiger partial charge < -0.3 is 10.2 Å². The fraction of sp³-hybridized carbons (Fsp3) is 0.381. The van der Waals surface area contributed by atoms with Crippen LogP contribution in [-0.4, -0.2) is 24.4 Å². The number of hydrogen-bond donors (Lipinski definition) is 1. The molecule has 3 rings (SSSR count). The van der Waals surface area contributed by atoms with E-state index in [2.05, 4.69) is 23.3 Å². The quantitative estimate of drug-likeness (QED) is 0.728. The van der Waals surface area contributed by atoms with Crippen LogP contribution in [-0.2, 0) is 11.3 Å². The third-order valence-electron chi connectivity index (χ3n) is 4.76. The number of carbonyl (C=O) groups excluding carboxylic acids is 1. The van der Waals surface area contributed by atoms with E-state index in [9.17, 15) is 4.79 Å². The number of benzene rings is 2. The van der Waals surface area contributed by atoms with Crippen LogP contribution in [0.1, 0.15) is 43.4 Å². The molecule has 26 heavy (non-hydrogen) atoms. The topological polar surface area (TPSA) is 32.3 Å². The highest BCUT2D eigenvalue weighted by Gasteiger charge is 2.29. The zero-order chi connectivity index (χ0) is 19.1. The summed E-state index contributed by atoms with van der Waals surface area (Å²) in [6.07, 6.45) is 0. The van der Waals surface area contributed by atoms with Crippen LogP contribution < -0.4 is 5.32 Å². The third-order valence-corrected chi connectivity index (χ3v) is 5.31. The van der Waals surface area contributed by atoms with E-state index >= 15 is 0 Å². The van der Waals surface area contributed by atoms with Gasteiger partial charge in [0.15, 0.2) is 0 Å². The molecule has 0 saturated carbocycles. The second kappa shape index (κ2) is 7.22. The maximum absolute atomic E-state index is 12.5. The van der Waals surface area contributed by atoms with Crippen molar-refractivity contribution in [2.45, 2.75) is 33.2 Å². The SMILES string of the molecule is CN1Cc2c(Cl)cc(Cl)cc2C(c2ccccc2NC(=O)C(C)(C)C)C1. The minimum atomic E-state index is -0.457. The summed E-state index contributed by atoms with van der Waals surface area (Å²) in [6, 6.07) is 11.8. The Kier molecular flexibility index (Phi) is 5.34. The minimum Gasteiger partial charge on any atom is -0.325 e. The van der Waals surface area contributed by atoms with E-state index in [0.717, 1.165) is 35.5 Å². The maximum Gasteiger partial charge on any atom is 0.229 e. The number of anilines is 1. The van der Waals surface area contributed by atoms with Gasteiger partial charge in [0, 0.05) is 40.2 Å². The molecular weight excluding hydrogens is 367 g/mol. The molecule has 2 aromatic rings. The van der Waals surface area contributed by atoms with Crippen molar-refractivity contribution in [3.63, 3.8) is 0 Å². The molecule has 0 saturated heterocycles. The van der Waals surface area contributed by atoms with Crippen molar-refractivity contribution in [2.75, 3.05) is 18.9 Å². The summed E-state index contributed by atoms with van der Waals surface area (Å²) >= 11 is 12.8. The number of carbonyl (C=O) groups is 1. The number of fused-ring (bicyclic) bond motifs is 1. The van der Waals surface area contributed by atoms with Crippen molar-refractivity contribution in [1.82, 2.24) is 4.90 Å². The molecule has 2 aromatic carbocycles. The van der Waals surface area contributed by atoms with Gasteiger partial charge in [0.05, 0.1) is 0 Å². The molecule has 1 unspecified atom stereocenters. The number of nitrogens with zero attached hydrogens (tertiary/aromatic N) is 1. The summed E-state index contributed by atoms with van der Waals surface area (Å²) in [7, 11) is 2.08. The van der Waals surface area contributed by atoms with Gasteiger partial charge in [-0.15, -0.1) is 0 Å². The Balaban J connectivity index is 2.07. The first-order chi connectivity index (χ1) is 12.2. The summed E-state index contributed by atoms with van der Waals surface area (Å²) in [5, 5.41) is 4.43. The number of halogens is 2. The minimum absolute atomic E-state index is 0.00142. The maximum atomic E-state index is 12.5. The molecule has 0 radical (unpaired) electrons. The molecule has 1 aliphatic rings. The van der Waals surface area contributed by atoms with Crippen molar-refractivity contribution in [2.24, 2.45) is 5.41 Å². The molecule has 3 nitrogen and oxygen atoms in total. The van der Waals surface area contributed by atoms with Crippen molar-refractivity contribution >= 4 is 34.8 Å². The lowest BCUT2D eigenvalue weighted by Crippen LogP contribution is -2.32. The standard InChI is InChI=1S/C21H24Cl2N2O/c1-21(2,3)20(26)24-19-8-6-5-7-14(19)16-11-25(4)12-17-15(16)9-13(22)10-18(17)23/h5-10,16H,11-12H2,1-4H3,(H,24,26). The van der Waals surface area contributed by atoms with Gasteiger partial charge in [0.25, 0.3) is 0 Å². The summed E-state index contributed by atoms with van der Waals surface area (Å²) < 4.78 is 0. The first-order valence-electron chi connectivity index (χ1n) is 8.73. The molecular formula is C21H24Cl2N2O. The molecule has 1 atom stereocenters. The Morgan fingerprint density at radius 1 is 1.15 bits per heavy atom. The van der Waals surface area contributed by atoms with Gasteiger partial charge in [0.1, 0.15) is 0 Å². The van der Waals surface area contributed by atoms with Crippen molar-refractivity contribution in [3.05, 3.63) is 63.1 Å². The zero-order valence-corrected chi connectivity index (χ0v) is 17.1. The number of amides is 1. The Morgan fingerprint density at radius 3 is 2.54 bits per heavy atom. The van der Waals surface area contributed by atoms with Crippen LogP contribution >= 0.6 is 23.2 Å². The Hall–Kier alpha value is -1.55. The van der Waals surface area contributed by atoms with E-state index in [4.69, 9.17) is 23.2 Å². The second-order valence-electron chi connectivity index (χ2n) is 8.00. The average Bonchev–Trinajstić information content (AvgIpc) is 2.55. The van der Waals surface area contributed by atoms with Crippen molar-refractivity contribution in [1.29, 1.82) is 0 Å². The predicted octanol–water partition coefficient (Wildman–Crippen LogP) is 5.56. The van der Waals surface area contributed by atoms with Crippen molar-refractivity contribution in [3.8, 4) is 0 Å². The Morgan fingerprint density at radius 2 is 1.85 bits per heavy atom. The summed E-state index contributed by atoms with van der Waals surface area (Å²) in [5.41, 5.74) is 3.71. The third kappa shape index (κ3) is 3.90. The summed E-state index contributed by atoms with van der Waals surface area (Å²) in [5.74, 6) is 0.0925. The monoisotopic (exact) mass is 390 g/mol. The van der Waals surface area contributed by atoms with Gasteiger partial charge in [-0.25, -0.2) is 0 Å². The van der Waals surface area contributed by atoms with Crippen LogP contribution in [0.15, 0.2) is 36.4 Å². The lowest BCUT2D eigenvalue weighted by atomic mass is 9.83. The van der Waals surface area contributed by atoms with Gasteiger partial charge in [-0.2, -0.15) is 0 Å². The highest BCUT2D eigenvalue weighted by molar-refractivity contribution is 6.35. The molecule has 1 amide bonds. The van der Waals surface area contributed by atoms with Crippen LogP contribution in [0.4, 0.5) is 5.69 Å². The molecule has 1 heterocycles. The highest BCUT2D eigenvalue weighted by Crippen LogP contribution is 2.40. The average molecular weight is 391 g/mol. The molecule has 1 N–H and O–H groups in total. The van der Waals surface area contributed by atoms with Crippen LogP contribution in [0.2, 0.25) is 10.0 Å². The molecule has 0 aromatic heterocycles. The Bertz CT molecular complexity index is 842. The number of para-hydroxylation sites is 1. The lowest BCUT2D eigenvalue weighted by Gasteiger charge is -2.34. The normalized spacial score (nSPS) is 17.7. The molecule has 0 aliphatic carbocycles. The predicted molar refractivity (Wildman–Crippen MR) is 109 cm³/mol. The van der Waals surface area contributed by atoms with Gasteiger partial charge >= 0.3 is 0 Å². The first-order valence-corrected chi connectivity index (χ1v) is 9.49. The molecule has 0 spiro atoms. The van der Waals surface area contributed by atoms with Gasteiger partial charge in [-0.05, 0) is 41.9 Å². The van der Waals surface area contributed by atoms with E-state index in [-0.39, 0.29) is 11.8 Å².